The number of hydrogen-bond donors (Lipinski definition) is 2. The second kappa shape index (κ2) is 7.96. The molecule has 2 N–H and O–H groups in total. The minimum absolute atomic E-state index is 0.0946. The van der Waals surface area contributed by atoms with E-state index in [0.29, 0.717) is 18.9 Å². The summed E-state index contributed by atoms with van der Waals surface area (Å²) >= 11 is 0. The number of carbonyl (C=O) groups excluding carboxylic acids is 1. The number of anilines is 1. The standard InChI is InChI=1S/C17H24N6O2/c1-22-17(25)7-15(11-21-22)23-6-5-14(12-23)8-18-16(24)4-2-3-13-9-19-20-10-13/h7,9-11,14H,2-6,8,12H2,1H3,(H,18,24)(H,19,20)/t14-/m0/s1. The first kappa shape index (κ1) is 17.2. The summed E-state index contributed by atoms with van der Waals surface area (Å²) in [7, 11) is 1.64. The molecule has 0 aromatic carbocycles. The Hall–Kier alpha value is -2.64. The van der Waals surface area contributed by atoms with Gasteiger partial charge in [-0.15, -0.1) is 0 Å². The molecular weight excluding hydrogens is 320 g/mol. The van der Waals surface area contributed by atoms with E-state index in [4.69, 9.17) is 0 Å². The Balaban J connectivity index is 1.38. The number of hydrogen-bond acceptors (Lipinski definition) is 5. The highest BCUT2D eigenvalue weighted by Gasteiger charge is 2.23. The van der Waals surface area contributed by atoms with Crippen LogP contribution >= 0.6 is 0 Å². The van der Waals surface area contributed by atoms with Crippen LogP contribution in [0, 0.1) is 5.92 Å². The van der Waals surface area contributed by atoms with Crippen LogP contribution in [-0.2, 0) is 18.3 Å². The fourth-order valence-electron chi connectivity index (χ4n) is 3.08. The Kier molecular flexibility index (Phi) is 5.47. The van der Waals surface area contributed by atoms with Crippen LogP contribution in [0.4, 0.5) is 5.69 Å². The molecule has 1 amide bonds. The largest absolute Gasteiger partial charge is 0.370 e. The van der Waals surface area contributed by atoms with Crippen LogP contribution in [-0.4, -0.2) is 45.5 Å². The minimum Gasteiger partial charge on any atom is -0.370 e. The third-order valence-corrected chi connectivity index (χ3v) is 4.62. The van der Waals surface area contributed by atoms with Gasteiger partial charge in [-0.1, -0.05) is 0 Å². The van der Waals surface area contributed by atoms with Gasteiger partial charge in [0.25, 0.3) is 5.56 Å². The van der Waals surface area contributed by atoms with Crippen LogP contribution < -0.4 is 15.8 Å². The quantitative estimate of drug-likeness (QED) is 0.761. The van der Waals surface area contributed by atoms with E-state index in [9.17, 15) is 9.59 Å². The maximum absolute atomic E-state index is 12.0. The molecule has 2 aromatic rings. The molecule has 8 heteroatoms. The molecule has 0 bridgehead atoms. The van der Waals surface area contributed by atoms with Crippen molar-refractivity contribution in [2.45, 2.75) is 25.7 Å². The molecule has 0 aliphatic carbocycles. The fraction of sp³-hybridized carbons (Fsp3) is 0.529. The molecule has 0 spiro atoms. The Morgan fingerprint density at radius 2 is 2.32 bits per heavy atom. The van der Waals surface area contributed by atoms with Crippen molar-refractivity contribution in [3.63, 3.8) is 0 Å². The summed E-state index contributed by atoms with van der Waals surface area (Å²) in [5.41, 5.74) is 1.88. The number of carbonyl (C=O) groups is 1. The smallest absolute Gasteiger partial charge is 0.268 e. The van der Waals surface area contributed by atoms with Gasteiger partial charge in [0.15, 0.2) is 0 Å². The maximum Gasteiger partial charge on any atom is 0.268 e. The summed E-state index contributed by atoms with van der Waals surface area (Å²) in [6.45, 7) is 2.40. The molecule has 1 atom stereocenters. The number of amides is 1. The van der Waals surface area contributed by atoms with E-state index in [0.717, 1.165) is 43.6 Å². The van der Waals surface area contributed by atoms with Gasteiger partial charge < -0.3 is 10.2 Å². The molecule has 1 fully saturated rings. The molecule has 0 unspecified atom stereocenters. The molecule has 0 radical (unpaired) electrons. The number of nitrogens with zero attached hydrogens (tertiary/aromatic N) is 4. The van der Waals surface area contributed by atoms with Crippen LogP contribution in [0.5, 0.6) is 0 Å². The first-order chi connectivity index (χ1) is 12.1. The van der Waals surface area contributed by atoms with Crippen LogP contribution in [0.3, 0.4) is 0 Å². The number of H-pyrrole nitrogens is 1. The lowest BCUT2D eigenvalue weighted by molar-refractivity contribution is -0.121. The van der Waals surface area contributed by atoms with Crippen molar-refractivity contribution in [3.05, 3.63) is 40.6 Å². The van der Waals surface area contributed by atoms with E-state index in [1.807, 2.05) is 6.20 Å². The third kappa shape index (κ3) is 4.68. The summed E-state index contributed by atoms with van der Waals surface area (Å²) in [5, 5.41) is 13.8. The van der Waals surface area contributed by atoms with Crippen molar-refractivity contribution in [3.8, 4) is 0 Å². The summed E-state index contributed by atoms with van der Waals surface area (Å²) < 4.78 is 1.32. The van der Waals surface area contributed by atoms with Crippen LogP contribution in [0.15, 0.2) is 29.5 Å². The van der Waals surface area contributed by atoms with Crippen molar-refractivity contribution in [1.82, 2.24) is 25.3 Å². The Bertz CT molecular complexity index is 755. The highest BCUT2D eigenvalue weighted by Crippen LogP contribution is 2.21. The van der Waals surface area contributed by atoms with E-state index in [2.05, 4.69) is 25.5 Å². The first-order valence-corrected chi connectivity index (χ1v) is 8.64. The molecule has 1 aliphatic heterocycles. The molecular formula is C17H24N6O2. The van der Waals surface area contributed by atoms with Gasteiger partial charge in [0.05, 0.1) is 18.1 Å². The molecule has 2 aromatic heterocycles. The van der Waals surface area contributed by atoms with E-state index >= 15 is 0 Å². The van der Waals surface area contributed by atoms with Gasteiger partial charge >= 0.3 is 0 Å². The minimum atomic E-state index is -0.105. The van der Waals surface area contributed by atoms with Gasteiger partial charge in [0, 0.05) is 45.4 Å². The van der Waals surface area contributed by atoms with Gasteiger partial charge in [0.1, 0.15) is 0 Å². The van der Waals surface area contributed by atoms with Crippen LogP contribution in [0.1, 0.15) is 24.8 Å². The zero-order valence-electron chi connectivity index (χ0n) is 14.4. The lowest BCUT2D eigenvalue weighted by atomic mass is 10.1. The fourth-order valence-corrected chi connectivity index (χ4v) is 3.08. The topological polar surface area (TPSA) is 95.9 Å². The molecule has 3 heterocycles. The second-order valence-electron chi connectivity index (χ2n) is 6.54. The number of rotatable bonds is 7. The summed E-state index contributed by atoms with van der Waals surface area (Å²) in [6.07, 6.45) is 8.58. The van der Waals surface area contributed by atoms with Crippen LogP contribution in [0.2, 0.25) is 0 Å². The van der Waals surface area contributed by atoms with Crippen molar-refractivity contribution < 1.29 is 4.79 Å². The number of aromatic amines is 1. The Labute approximate surface area is 146 Å². The zero-order chi connectivity index (χ0) is 17.6. The zero-order valence-corrected chi connectivity index (χ0v) is 14.4. The Morgan fingerprint density at radius 3 is 3.08 bits per heavy atom. The van der Waals surface area contributed by atoms with Gasteiger partial charge in [-0.05, 0) is 30.7 Å². The van der Waals surface area contributed by atoms with E-state index in [1.165, 1.54) is 4.68 Å². The second-order valence-corrected chi connectivity index (χ2v) is 6.54. The van der Waals surface area contributed by atoms with Gasteiger partial charge in [-0.25, -0.2) is 4.68 Å². The molecule has 25 heavy (non-hydrogen) atoms. The lowest BCUT2D eigenvalue weighted by Crippen LogP contribution is -2.31. The van der Waals surface area contributed by atoms with Gasteiger partial charge in [-0.2, -0.15) is 10.2 Å². The van der Waals surface area contributed by atoms with E-state index < -0.39 is 0 Å². The van der Waals surface area contributed by atoms with E-state index in [1.54, 1.807) is 25.5 Å². The summed E-state index contributed by atoms with van der Waals surface area (Å²) in [6, 6.07) is 1.61. The first-order valence-electron chi connectivity index (χ1n) is 8.64. The predicted molar refractivity (Wildman–Crippen MR) is 94.3 cm³/mol. The average Bonchev–Trinajstić information content (AvgIpc) is 3.27. The van der Waals surface area contributed by atoms with Gasteiger partial charge in [-0.3, -0.25) is 14.7 Å². The van der Waals surface area contributed by atoms with Crippen molar-refractivity contribution in [1.29, 1.82) is 0 Å². The number of nitrogens with one attached hydrogen (secondary N) is 2. The molecule has 134 valence electrons. The van der Waals surface area contributed by atoms with E-state index in [-0.39, 0.29) is 11.5 Å². The molecule has 1 saturated heterocycles. The normalized spacial score (nSPS) is 17.0. The molecule has 3 rings (SSSR count). The highest BCUT2D eigenvalue weighted by molar-refractivity contribution is 5.75. The molecule has 8 nitrogen and oxygen atoms in total. The lowest BCUT2D eigenvalue weighted by Gasteiger charge is -2.18. The van der Waals surface area contributed by atoms with Gasteiger partial charge in [0.2, 0.25) is 5.91 Å². The number of aryl methyl sites for hydroxylation is 2. The predicted octanol–water partition coefficient (Wildman–Crippen LogP) is 0.469. The molecule has 0 saturated carbocycles. The van der Waals surface area contributed by atoms with Crippen molar-refractivity contribution in [2.24, 2.45) is 13.0 Å². The monoisotopic (exact) mass is 344 g/mol. The summed E-state index contributed by atoms with van der Waals surface area (Å²) in [4.78, 5) is 25.8. The molecule has 1 aliphatic rings. The maximum atomic E-state index is 12.0. The Morgan fingerprint density at radius 1 is 1.44 bits per heavy atom. The highest BCUT2D eigenvalue weighted by atomic mass is 16.1. The summed E-state index contributed by atoms with van der Waals surface area (Å²) in [5.74, 6) is 0.499. The van der Waals surface area contributed by atoms with Crippen molar-refractivity contribution in [2.75, 3.05) is 24.5 Å². The van der Waals surface area contributed by atoms with Crippen LogP contribution in [0.25, 0.3) is 0 Å². The average molecular weight is 344 g/mol. The van der Waals surface area contributed by atoms with Crippen molar-refractivity contribution >= 4 is 11.6 Å². The number of aromatic nitrogens is 4. The third-order valence-electron chi connectivity index (χ3n) is 4.62. The SMILES string of the molecule is Cn1ncc(N2CC[C@@H](CNC(=O)CCCc3cn[nH]c3)C2)cc1=O.